The molecule has 0 radical (unpaired) electrons. The molecule has 3 rings (SSSR count). The fourth-order valence-electron chi connectivity index (χ4n) is 3.07. The van der Waals surface area contributed by atoms with Gasteiger partial charge in [-0.05, 0) is 26.0 Å². The summed E-state index contributed by atoms with van der Waals surface area (Å²) < 4.78 is 23.4. The Morgan fingerprint density at radius 2 is 2.26 bits per heavy atom. The predicted molar refractivity (Wildman–Crippen MR) is 89.5 cm³/mol. The van der Waals surface area contributed by atoms with E-state index in [-0.39, 0.29) is 5.82 Å². The number of nitriles is 1. The molecule has 0 saturated carbocycles. The van der Waals surface area contributed by atoms with Gasteiger partial charge in [-0.25, -0.2) is 14.3 Å². The zero-order chi connectivity index (χ0) is 19.8. The molecule has 3 atom stereocenters. The molecule has 11 heteroatoms. The van der Waals surface area contributed by atoms with Gasteiger partial charge in [-0.15, -0.1) is 0 Å². The molecule has 1 fully saturated rings. The molecule has 3 heterocycles. The average molecular weight is 377 g/mol. The molecule has 144 valence electrons. The fourth-order valence-corrected chi connectivity index (χ4v) is 3.07. The van der Waals surface area contributed by atoms with Crippen LogP contribution in [0.1, 0.15) is 25.6 Å². The van der Waals surface area contributed by atoms with Gasteiger partial charge in [0.25, 0.3) is 0 Å². The first-order chi connectivity index (χ1) is 12.7. The van der Waals surface area contributed by atoms with Crippen LogP contribution < -0.4 is 5.73 Å². The third-order valence-corrected chi connectivity index (χ3v) is 4.32. The first kappa shape index (κ1) is 18.8. The summed E-state index contributed by atoms with van der Waals surface area (Å²) >= 11 is 0. The van der Waals surface area contributed by atoms with Gasteiger partial charge in [-0.2, -0.15) is 10.4 Å². The lowest BCUT2D eigenvalue weighted by molar-refractivity contribution is -0.172. The lowest BCUT2D eigenvalue weighted by Gasteiger charge is -2.32. The maximum Gasteiger partial charge on any atom is 0.505 e. The largest absolute Gasteiger partial charge is 0.505 e. The number of carbonyl (C=O) groups is 1. The van der Waals surface area contributed by atoms with E-state index in [4.69, 9.17) is 25.1 Å². The summed E-state index contributed by atoms with van der Waals surface area (Å²) in [6.07, 6.45) is -2.05. The first-order valence-electron chi connectivity index (χ1n) is 7.99. The highest BCUT2D eigenvalue weighted by Gasteiger charge is 2.56. The van der Waals surface area contributed by atoms with Crippen molar-refractivity contribution in [2.75, 3.05) is 19.5 Å². The number of fused-ring (bicyclic) bond motifs is 1. The van der Waals surface area contributed by atoms with Gasteiger partial charge in [-0.3, -0.25) is 0 Å². The van der Waals surface area contributed by atoms with Crippen molar-refractivity contribution in [3.05, 3.63) is 24.2 Å². The quantitative estimate of drug-likeness (QED) is 0.724. The normalized spacial score (nSPS) is 23.6. The summed E-state index contributed by atoms with van der Waals surface area (Å²) in [4.78, 5) is 14.8. The first-order valence-corrected chi connectivity index (χ1v) is 7.99. The summed E-state index contributed by atoms with van der Waals surface area (Å²) in [6, 6.07) is 5.40. The highest BCUT2D eigenvalue weighted by Crippen LogP contribution is 2.44. The van der Waals surface area contributed by atoms with E-state index in [9.17, 15) is 10.1 Å². The Morgan fingerprint density at radius 3 is 2.89 bits per heavy atom. The monoisotopic (exact) mass is 377 g/mol. The Kier molecular flexibility index (Phi) is 4.64. The molecule has 0 aromatic carbocycles. The number of nitrogens with zero attached hydrogens (tertiary/aromatic N) is 4. The Balaban J connectivity index is 2.08. The van der Waals surface area contributed by atoms with Gasteiger partial charge in [0.15, 0.2) is 11.6 Å². The second kappa shape index (κ2) is 6.66. The van der Waals surface area contributed by atoms with Crippen LogP contribution in [-0.2, 0) is 18.9 Å². The van der Waals surface area contributed by atoms with Crippen molar-refractivity contribution in [2.45, 2.75) is 37.4 Å². The zero-order valence-corrected chi connectivity index (χ0v) is 14.9. The van der Waals surface area contributed by atoms with Crippen molar-refractivity contribution in [3.63, 3.8) is 0 Å². The van der Waals surface area contributed by atoms with Gasteiger partial charge >= 0.3 is 6.16 Å². The molecule has 11 nitrogen and oxygen atoms in total. The van der Waals surface area contributed by atoms with E-state index < -0.39 is 36.4 Å². The molecule has 27 heavy (non-hydrogen) atoms. The molecule has 1 saturated heterocycles. The third-order valence-electron chi connectivity index (χ3n) is 4.32. The van der Waals surface area contributed by atoms with E-state index >= 15 is 0 Å². The van der Waals surface area contributed by atoms with Crippen molar-refractivity contribution in [3.8, 4) is 6.07 Å². The van der Waals surface area contributed by atoms with Crippen LogP contribution in [-0.4, -0.2) is 57.1 Å². The number of nitrogens with two attached hydrogens (primary N) is 1. The standard InChI is InChI=1S/C16H19N5O6/c1-15(2)26-11(9-4-5-10-13(18)19-8-20-21(9)10)12(27-15)16(6-17,24-3)7-25-14(22)23/h4-5,8,11-12H,7H2,1-3H3,(H,22,23)(H2,18,19,20)/t11-,12-,16+/m0/s1. The van der Waals surface area contributed by atoms with Crippen LogP contribution in [0.25, 0.3) is 5.52 Å². The SMILES string of the molecule is CO[C@](C#N)(COC(=O)O)[C@H]1OC(C)(C)O[C@H]1c1ccc2c(N)ncnn12. The highest BCUT2D eigenvalue weighted by molar-refractivity contribution is 5.65. The maximum atomic E-state index is 10.8. The molecule has 2 aromatic rings. The molecule has 1 aliphatic rings. The van der Waals surface area contributed by atoms with Gasteiger partial charge in [0.05, 0.1) is 5.69 Å². The molecule has 3 N–H and O–H groups in total. The number of aromatic nitrogens is 3. The zero-order valence-electron chi connectivity index (χ0n) is 14.9. The lowest BCUT2D eigenvalue weighted by atomic mass is 9.93. The van der Waals surface area contributed by atoms with Crippen molar-refractivity contribution in [1.29, 1.82) is 5.26 Å². The van der Waals surface area contributed by atoms with Gasteiger partial charge in [0.1, 0.15) is 36.7 Å². The number of ether oxygens (including phenoxy) is 4. The summed E-state index contributed by atoms with van der Waals surface area (Å²) in [7, 11) is 1.27. The number of rotatable bonds is 5. The molecule has 0 unspecified atom stereocenters. The molecule has 0 bridgehead atoms. The molecular weight excluding hydrogens is 358 g/mol. The van der Waals surface area contributed by atoms with Gasteiger partial charge < -0.3 is 29.8 Å². The van der Waals surface area contributed by atoms with Crippen molar-refractivity contribution < 1.29 is 28.8 Å². The van der Waals surface area contributed by atoms with Crippen LogP contribution >= 0.6 is 0 Å². The average Bonchev–Trinajstić information content (AvgIpc) is 3.18. The Hall–Kier alpha value is -2.94. The Labute approximate surface area is 154 Å². The maximum absolute atomic E-state index is 10.8. The van der Waals surface area contributed by atoms with Crippen LogP contribution in [0.3, 0.4) is 0 Å². The third kappa shape index (κ3) is 3.25. The number of hydrogen-bond acceptors (Lipinski definition) is 9. The summed E-state index contributed by atoms with van der Waals surface area (Å²) in [6.45, 7) is 2.79. The molecule has 0 aliphatic carbocycles. The van der Waals surface area contributed by atoms with Crippen LogP contribution in [0.2, 0.25) is 0 Å². The van der Waals surface area contributed by atoms with E-state index in [2.05, 4.69) is 14.8 Å². The summed E-state index contributed by atoms with van der Waals surface area (Å²) in [5, 5.41) is 22.8. The Bertz CT molecular complexity index is 906. The molecular formula is C16H19N5O6. The number of methoxy groups -OCH3 is 1. The molecule has 0 amide bonds. The van der Waals surface area contributed by atoms with Crippen molar-refractivity contribution >= 4 is 17.5 Å². The second-order valence-corrected chi connectivity index (χ2v) is 6.44. The smallest absolute Gasteiger partial charge is 0.450 e. The fraction of sp³-hybridized carbons (Fsp3) is 0.500. The minimum absolute atomic E-state index is 0.276. The molecule has 1 aliphatic heterocycles. The van der Waals surface area contributed by atoms with E-state index in [0.717, 1.165) is 0 Å². The Morgan fingerprint density at radius 1 is 1.52 bits per heavy atom. The number of hydrogen-bond donors (Lipinski definition) is 2. The molecule has 2 aromatic heterocycles. The number of carboxylic acid groups (broad SMARTS) is 1. The second-order valence-electron chi connectivity index (χ2n) is 6.44. The predicted octanol–water partition coefficient (Wildman–Crippen LogP) is 1.11. The van der Waals surface area contributed by atoms with E-state index in [1.165, 1.54) is 18.0 Å². The van der Waals surface area contributed by atoms with Crippen molar-refractivity contribution in [2.24, 2.45) is 0 Å². The van der Waals surface area contributed by atoms with Crippen molar-refractivity contribution in [1.82, 2.24) is 14.6 Å². The summed E-state index contributed by atoms with van der Waals surface area (Å²) in [5.41, 5.74) is 5.23. The minimum atomic E-state index is -1.74. The van der Waals surface area contributed by atoms with Crippen LogP contribution in [0, 0.1) is 11.3 Å². The van der Waals surface area contributed by atoms with Gasteiger partial charge in [0.2, 0.25) is 5.60 Å². The topological polar surface area (TPSA) is 154 Å². The molecule has 0 spiro atoms. The number of anilines is 1. The number of nitrogen functional groups attached to an aromatic ring is 1. The lowest BCUT2D eigenvalue weighted by Crippen LogP contribution is -2.50. The van der Waals surface area contributed by atoms with Crippen LogP contribution in [0.5, 0.6) is 0 Å². The van der Waals surface area contributed by atoms with Crippen LogP contribution in [0.15, 0.2) is 18.5 Å². The highest BCUT2D eigenvalue weighted by atomic mass is 16.8. The summed E-state index contributed by atoms with van der Waals surface area (Å²) in [5.74, 6) is -0.791. The van der Waals surface area contributed by atoms with E-state index in [1.807, 2.05) is 6.07 Å². The van der Waals surface area contributed by atoms with E-state index in [0.29, 0.717) is 11.2 Å². The van der Waals surface area contributed by atoms with Crippen LogP contribution in [0.4, 0.5) is 10.6 Å². The minimum Gasteiger partial charge on any atom is -0.450 e. The van der Waals surface area contributed by atoms with E-state index in [1.54, 1.807) is 26.0 Å². The van der Waals surface area contributed by atoms with Gasteiger partial charge in [0, 0.05) is 7.11 Å². The van der Waals surface area contributed by atoms with Gasteiger partial charge in [-0.1, -0.05) is 0 Å².